The second kappa shape index (κ2) is 10.9. The quantitative estimate of drug-likeness (QED) is 0.197. The zero-order valence-corrected chi connectivity index (χ0v) is 27.1. The maximum Gasteiger partial charge on any atom is 0.164 e. The van der Waals surface area contributed by atoms with Gasteiger partial charge in [-0.1, -0.05) is 12.1 Å². The van der Waals surface area contributed by atoms with Crippen LogP contribution in [0.1, 0.15) is 88.2 Å². The van der Waals surface area contributed by atoms with Crippen molar-refractivity contribution in [2.75, 3.05) is 39.6 Å². The predicted molar refractivity (Wildman–Crippen MR) is 175 cm³/mol. The minimum atomic E-state index is 0.271. The number of rotatable bonds is 14. The van der Waals surface area contributed by atoms with E-state index in [-0.39, 0.29) is 10.8 Å². The molecule has 8 aliphatic carbocycles. The molecule has 6 nitrogen and oxygen atoms in total. The number of fused-ring (bicyclic) bond motifs is 1. The first-order chi connectivity index (χ1) is 22.6. The zero-order chi connectivity index (χ0) is 30.3. The van der Waals surface area contributed by atoms with Crippen LogP contribution in [0.2, 0.25) is 0 Å². The molecule has 0 N–H and O–H groups in total. The molecule has 0 amide bonds. The van der Waals surface area contributed by atoms with Crippen LogP contribution in [0.15, 0.2) is 48.3 Å². The third kappa shape index (κ3) is 5.13. The van der Waals surface area contributed by atoms with Crippen molar-refractivity contribution < 1.29 is 28.4 Å². The molecule has 12 rings (SSSR count). The maximum atomic E-state index is 6.79. The first kappa shape index (κ1) is 28.3. The van der Waals surface area contributed by atoms with Gasteiger partial charge in [-0.2, -0.15) is 0 Å². The summed E-state index contributed by atoms with van der Waals surface area (Å²) in [5.74, 6) is 9.04. The van der Waals surface area contributed by atoms with Gasteiger partial charge in [-0.3, -0.25) is 0 Å². The van der Waals surface area contributed by atoms with E-state index in [0.717, 1.165) is 58.5 Å². The summed E-state index contributed by atoms with van der Waals surface area (Å²) < 4.78 is 35.2. The molecule has 0 spiro atoms. The van der Waals surface area contributed by atoms with Gasteiger partial charge in [0.05, 0.1) is 13.2 Å². The van der Waals surface area contributed by atoms with Crippen LogP contribution in [-0.2, 0) is 29.8 Å². The second-order valence-corrected chi connectivity index (χ2v) is 16.6. The fourth-order valence-corrected chi connectivity index (χ4v) is 12.4. The van der Waals surface area contributed by atoms with Crippen LogP contribution >= 0.6 is 0 Å². The molecule has 8 saturated carbocycles. The normalized spacial score (nSPS) is 37.1. The van der Waals surface area contributed by atoms with Crippen molar-refractivity contribution in [1.29, 1.82) is 0 Å². The minimum absolute atomic E-state index is 0.271. The summed E-state index contributed by atoms with van der Waals surface area (Å²) >= 11 is 0. The molecule has 8 fully saturated rings. The van der Waals surface area contributed by atoms with Gasteiger partial charge in [0.15, 0.2) is 11.5 Å². The van der Waals surface area contributed by atoms with E-state index in [1.807, 2.05) is 0 Å². The molecule has 10 aliphatic rings. The molecular formula is C40H48O6. The molecule has 2 heterocycles. The minimum Gasteiger partial charge on any atom is -0.491 e. The van der Waals surface area contributed by atoms with E-state index in [1.165, 1.54) is 87.8 Å². The Balaban J connectivity index is 1.06. The Labute approximate surface area is 272 Å². The fourth-order valence-electron chi connectivity index (χ4n) is 12.4. The summed E-state index contributed by atoms with van der Waals surface area (Å²) in [5, 5.41) is 2.78. The summed E-state index contributed by atoms with van der Waals surface area (Å²) in [7, 11) is 0. The van der Waals surface area contributed by atoms with Crippen LogP contribution in [0.4, 0.5) is 0 Å². The van der Waals surface area contributed by atoms with Gasteiger partial charge in [-0.25, -0.2) is 0 Å². The van der Waals surface area contributed by atoms with Crippen LogP contribution in [-0.4, -0.2) is 39.6 Å². The van der Waals surface area contributed by atoms with Crippen molar-refractivity contribution in [2.24, 2.45) is 35.5 Å². The predicted octanol–water partition coefficient (Wildman–Crippen LogP) is 8.31. The van der Waals surface area contributed by atoms with Crippen molar-refractivity contribution in [3.63, 3.8) is 0 Å². The number of benzene rings is 2. The average molecular weight is 625 g/mol. The van der Waals surface area contributed by atoms with Crippen LogP contribution in [0, 0.1) is 35.5 Å². The molecule has 2 aromatic carbocycles. The monoisotopic (exact) mass is 624 g/mol. The standard InChI is InChI=1S/C40H48O6/c1-2-36(40-18-28-10-29(19-40)12-30(11-28)20-40)38-34(35(1)39-15-25-7-26(16-39)9-27(8-25)17-39)13-31(43-5-3-41-21-32-23-45-32)14-37(38)44-6-4-42-22-33-24-46-33/h1-2,13-14,23-30H,3-12,15-22H2. The summed E-state index contributed by atoms with van der Waals surface area (Å²) in [5.41, 5.74) is 3.70. The van der Waals surface area contributed by atoms with Crippen molar-refractivity contribution in [1.82, 2.24) is 0 Å². The van der Waals surface area contributed by atoms with Gasteiger partial charge >= 0.3 is 0 Å². The topological polar surface area (TPSA) is 62.0 Å². The number of ether oxygens (including phenoxy) is 6. The molecule has 2 aliphatic heterocycles. The summed E-state index contributed by atoms with van der Waals surface area (Å²) in [6.45, 7) is 3.09. The largest absolute Gasteiger partial charge is 0.491 e. The molecule has 244 valence electrons. The van der Waals surface area contributed by atoms with Crippen LogP contribution in [0.25, 0.3) is 10.8 Å². The Bertz CT molecular complexity index is 1520. The maximum absolute atomic E-state index is 6.79. The van der Waals surface area contributed by atoms with E-state index in [2.05, 4.69) is 24.3 Å². The molecule has 0 atom stereocenters. The lowest BCUT2D eigenvalue weighted by Crippen LogP contribution is -2.49. The molecule has 6 heteroatoms. The molecule has 0 radical (unpaired) electrons. The summed E-state index contributed by atoms with van der Waals surface area (Å²) in [6.07, 6.45) is 20.3. The lowest BCUT2D eigenvalue weighted by Gasteiger charge is -2.58. The molecule has 0 aromatic heterocycles. The Morgan fingerprint density at radius 2 is 1.02 bits per heavy atom. The molecule has 0 saturated heterocycles. The molecule has 0 unspecified atom stereocenters. The Hall–Kier alpha value is -2.70. The Morgan fingerprint density at radius 3 is 1.52 bits per heavy atom. The summed E-state index contributed by atoms with van der Waals surface area (Å²) in [4.78, 5) is 0. The lowest BCUT2D eigenvalue weighted by atomic mass is 9.46. The first-order valence-electron chi connectivity index (χ1n) is 18.3. The SMILES string of the molecule is C1=C(COCCOc2cc(OCCOCC3=CO3)c3c(C45CC6CC(CC(C6)C4)C5)ccc(C45CC6CC(CC(C6)C4)C5)c3c2)O1. The van der Waals surface area contributed by atoms with E-state index < -0.39 is 0 Å². The first-order valence-corrected chi connectivity index (χ1v) is 18.3. The molecule has 2 aromatic rings. The molecule has 46 heavy (non-hydrogen) atoms. The van der Waals surface area contributed by atoms with Gasteiger partial charge in [0.2, 0.25) is 0 Å². The zero-order valence-electron chi connectivity index (χ0n) is 27.1. The highest BCUT2D eigenvalue weighted by molar-refractivity contribution is 5.97. The Morgan fingerprint density at radius 1 is 0.565 bits per heavy atom. The van der Waals surface area contributed by atoms with Gasteiger partial charge in [-0.15, -0.1) is 0 Å². The van der Waals surface area contributed by atoms with Crippen LogP contribution < -0.4 is 9.47 Å². The number of hydrogen-bond donors (Lipinski definition) is 0. The van der Waals surface area contributed by atoms with E-state index in [1.54, 1.807) is 23.7 Å². The van der Waals surface area contributed by atoms with Crippen molar-refractivity contribution in [2.45, 2.75) is 87.9 Å². The Kier molecular flexibility index (Phi) is 6.72. The average Bonchev–Trinajstić information content (AvgIpc) is 3.95. The van der Waals surface area contributed by atoms with E-state index in [4.69, 9.17) is 28.4 Å². The molecule has 8 bridgehead atoms. The van der Waals surface area contributed by atoms with E-state index in [9.17, 15) is 0 Å². The van der Waals surface area contributed by atoms with Gasteiger partial charge in [-0.05, 0) is 146 Å². The second-order valence-electron chi connectivity index (χ2n) is 16.6. The van der Waals surface area contributed by atoms with Crippen molar-refractivity contribution in [3.8, 4) is 11.5 Å². The highest BCUT2D eigenvalue weighted by atomic mass is 16.6. The van der Waals surface area contributed by atoms with E-state index >= 15 is 0 Å². The lowest BCUT2D eigenvalue weighted by molar-refractivity contribution is -0.00595. The van der Waals surface area contributed by atoms with Crippen molar-refractivity contribution >= 4 is 10.8 Å². The van der Waals surface area contributed by atoms with Crippen LogP contribution in [0.3, 0.4) is 0 Å². The number of hydrogen-bond acceptors (Lipinski definition) is 6. The van der Waals surface area contributed by atoms with Gasteiger partial charge in [0.1, 0.15) is 50.5 Å². The van der Waals surface area contributed by atoms with Gasteiger partial charge in [0.25, 0.3) is 0 Å². The smallest absolute Gasteiger partial charge is 0.164 e. The highest BCUT2D eigenvalue weighted by Gasteiger charge is 2.54. The van der Waals surface area contributed by atoms with Crippen LogP contribution in [0.5, 0.6) is 11.5 Å². The third-order valence-corrected chi connectivity index (χ3v) is 13.3. The molecular weight excluding hydrogens is 576 g/mol. The third-order valence-electron chi connectivity index (χ3n) is 13.3. The summed E-state index contributed by atoms with van der Waals surface area (Å²) in [6, 6.07) is 9.78. The van der Waals surface area contributed by atoms with E-state index in [0.29, 0.717) is 39.6 Å². The highest BCUT2D eigenvalue weighted by Crippen LogP contribution is 2.65. The van der Waals surface area contributed by atoms with Crippen molar-refractivity contribution in [3.05, 3.63) is 59.4 Å². The fraction of sp³-hybridized carbons (Fsp3) is 0.650. The van der Waals surface area contributed by atoms with Gasteiger partial charge < -0.3 is 28.4 Å². The van der Waals surface area contributed by atoms with Gasteiger partial charge in [0, 0.05) is 11.5 Å².